The lowest BCUT2D eigenvalue weighted by Gasteiger charge is -2.19. The Morgan fingerprint density at radius 1 is 1.61 bits per heavy atom. The number of hydrogen-bond donors (Lipinski definition) is 1. The third kappa shape index (κ3) is 4.63. The summed E-state index contributed by atoms with van der Waals surface area (Å²) < 4.78 is 5.16. The Hall–Kier alpha value is -1.74. The van der Waals surface area contributed by atoms with E-state index in [2.05, 4.69) is 4.98 Å². The van der Waals surface area contributed by atoms with Crippen molar-refractivity contribution < 1.29 is 9.53 Å². The van der Waals surface area contributed by atoms with E-state index in [1.54, 1.807) is 20.8 Å². The first-order valence-electron chi connectivity index (χ1n) is 5.32. The van der Waals surface area contributed by atoms with E-state index in [0.29, 0.717) is 16.3 Å². The van der Waals surface area contributed by atoms with E-state index in [9.17, 15) is 4.79 Å². The van der Waals surface area contributed by atoms with Gasteiger partial charge in [-0.05, 0) is 26.8 Å². The second-order valence-electron chi connectivity index (χ2n) is 4.61. The van der Waals surface area contributed by atoms with Crippen molar-refractivity contribution in [2.45, 2.75) is 31.4 Å². The van der Waals surface area contributed by atoms with Crippen LogP contribution in [0.3, 0.4) is 0 Å². The minimum absolute atomic E-state index is 0.114. The zero-order chi connectivity index (χ0) is 13.8. The highest BCUT2D eigenvalue weighted by molar-refractivity contribution is 7.99. The van der Waals surface area contributed by atoms with E-state index in [0.717, 1.165) is 0 Å². The molecule has 0 bridgehead atoms. The minimum Gasteiger partial charge on any atom is -0.459 e. The third-order valence-electron chi connectivity index (χ3n) is 1.74. The summed E-state index contributed by atoms with van der Waals surface area (Å²) in [4.78, 5) is 15.5. The van der Waals surface area contributed by atoms with Gasteiger partial charge in [-0.15, -0.1) is 0 Å². The first-order chi connectivity index (χ1) is 8.31. The summed E-state index contributed by atoms with van der Waals surface area (Å²) in [6, 6.07) is 3.53. The van der Waals surface area contributed by atoms with Crippen molar-refractivity contribution in [3.63, 3.8) is 0 Å². The van der Waals surface area contributed by atoms with E-state index in [1.165, 1.54) is 24.0 Å². The Kier molecular flexibility index (Phi) is 4.56. The molecule has 0 saturated carbocycles. The molecule has 5 nitrogen and oxygen atoms in total. The smallest absolute Gasteiger partial charge is 0.316 e. The summed E-state index contributed by atoms with van der Waals surface area (Å²) in [5, 5.41) is 9.40. The number of carbonyl (C=O) groups is 1. The lowest BCUT2D eigenvalue weighted by atomic mass is 10.2. The van der Waals surface area contributed by atoms with Crippen molar-refractivity contribution in [2.75, 3.05) is 11.5 Å². The van der Waals surface area contributed by atoms with Gasteiger partial charge in [0.15, 0.2) is 0 Å². The lowest BCUT2D eigenvalue weighted by Crippen LogP contribution is -2.24. The van der Waals surface area contributed by atoms with Gasteiger partial charge in [0.1, 0.15) is 16.7 Å². The Labute approximate surface area is 110 Å². The second kappa shape index (κ2) is 5.74. The molecular weight excluding hydrogens is 250 g/mol. The van der Waals surface area contributed by atoms with Crippen LogP contribution < -0.4 is 5.73 Å². The predicted octanol–water partition coefficient (Wildman–Crippen LogP) is 1.97. The fraction of sp³-hybridized carbons (Fsp3) is 0.417. The topological polar surface area (TPSA) is 89.0 Å². The number of ether oxygens (including phenoxy) is 1. The van der Waals surface area contributed by atoms with Crippen molar-refractivity contribution in [3.05, 3.63) is 17.8 Å². The van der Waals surface area contributed by atoms with Crippen molar-refractivity contribution >= 4 is 23.4 Å². The quantitative estimate of drug-likeness (QED) is 0.664. The number of rotatable bonds is 3. The molecule has 0 amide bonds. The second-order valence-corrected chi connectivity index (χ2v) is 5.57. The highest BCUT2D eigenvalue weighted by Crippen LogP contribution is 2.22. The Balaban J connectivity index is 2.65. The molecule has 96 valence electrons. The van der Waals surface area contributed by atoms with E-state index in [1.807, 2.05) is 6.07 Å². The SMILES string of the molecule is CC(C)(C)OC(=O)CSc1ncc(N)cc1C#N. The van der Waals surface area contributed by atoms with Crippen LogP contribution in [0.2, 0.25) is 0 Å². The number of pyridine rings is 1. The van der Waals surface area contributed by atoms with Gasteiger partial charge in [0.05, 0.1) is 23.2 Å². The van der Waals surface area contributed by atoms with Crippen LogP contribution in [0.1, 0.15) is 26.3 Å². The summed E-state index contributed by atoms with van der Waals surface area (Å²) in [6.07, 6.45) is 1.46. The molecule has 0 atom stereocenters. The fourth-order valence-electron chi connectivity index (χ4n) is 1.16. The molecule has 1 aromatic heterocycles. The number of aromatic nitrogens is 1. The molecule has 0 fully saturated rings. The number of nitrogens with two attached hydrogens (primary N) is 1. The minimum atomic E-state index is -0.510. The number of nitrogens with zero attached hydrogens (tertiary/aromatic N) is 2. The van der Waals surface area contributed by atoms with Gasteiger partial charge >= 0.3 is 5.97 Å². The molecule has 0 aromatic carbocycles. The van der Waals surface area contributed by atoms with Crippen LogP contribution in [0.15, 0.2) is 17.3 Å². The fourth-order valence-corrected chi connectivity index (χ4v) is 1.86. The average Bonchev–Trinajstić information content (AvgIpc) is 2.24. The van der Waals surface area contributed by atoms with Gasteiger partial charge in [0.2, 0.25) is 0 Å². The maximum absolute atomic E-state index is 11.5. The summed E-state index contributed by atoms with van der Waals surface area (Å²) in [5.74, 6) is -0.224. The highest BCUT2D eigenvalue weighted by Gasteiger charge is 2.17. The Bertz CT molecular complexity index is 489. The Morgan fingerprint density at radius 3 is 2.83 bits per heavy atom. The van der Waals surface area contributed by atoms with Crippen molar-refractivity contribution in [3.8, 4) is 6.07 Å². The number of esters is 1. The molecular formula is C12H15N3O2S. The molecule has 1 aromatic rings. The van der Waals surface area contributed by atoms with Crippen LogP contribution in [0, 0.1) is 11.3 Å². The molecule has 1 rings (SSSR count). The molecule has 0 unspecified atom stereocenters. The number of hydrogen-bond acceptors (Lipinski definition) is 6. The van der Waals surface area contributed by atoms with E-state index >= 15 is 0 Å². The Morgan fingerprint density at radius 2 is 2.28 bits per heavy atom. The van der Waals surface area contributed by atoms with Gasteiger partial charge in [-0.25, -0.2) is 4.98 Å². The average molecular weight is 265 g/mol. The normalized spacial score (nSPS) is 10.8. The number of nitriles is 1. The number of anilines is 1. The molecule has 2 N–H and O–H groups in total. The monoisotopic (exact) mass is 265 g/mol. The van der Waals surface area contributed by atoms with Crippen molar-refractivity contribution in [2.24, 2.45) is 0 Å². The summed E-state index contributed by atoms with van der Waals surface area (Å²) in [6.45, 7) is 5.41. The van der Waals surface area contributed by atoms with E-state index in [-0.39, 0.29) is 11.7 Å². The maximum Gasteiger partial charge on any atom is 0.316 e. The van der Waals surface area contributed by atoms with Crippen LogP contribution in [-0.2, 0) is 9.53 Å². The molecule has 18 heavy (non-hydrogen) atoms. The van der Waals surface area contributed by atoms with Gasteiger partial charge in [-0.1, -0.05) is 11.8 Å². The van der Waals surface area contributed by atoms with Crippen LogP contribution in [0.25, 0.3) is 0 Å². The van der Waals surface area contributed by atoms with Gasteiger partial charge in [0.25, 0.3) is 0 Å². The summed E-state index contributed by atoms with van der Waals surface area (Å²) >= 11 is 1.17. The molecule has 0 spiro atoms. The van der Waals surface area contributed by atoms with Gasteiger partial charge in [0, 0.05) is 0 Å². The van der Waals surface area contributed by atoms with Crippen LogP contribution in [0.5, 0.6) is 0 Å². The molecule has 0 aliphatic carbocycles. The molecule has 1 heterocycles. The van der Waals surface area contributed by atoms with Gasteiger partial charge < -0.3 is 10.5 Å². The zero-order valence-corrected chi connectivity index (χ0v) is 11.4. The molecule has 0 aliphatic rings. The lowest BCUT2D eigenvalue weighted by molar-refractivity contribution is -0.151. The summed E-state index contributed by atoms with van der Waals surface area (Å²) in [5.41, 5.74) is 5.81. The van der Waals surface area contributed by atoms with Gasteiger partial charge in [-0.2, -0.15) is 5.26 Å². The number of carbonyl (C=O) groups excluding carboxylic acids is 1. The van der Waals surface area contributed by atoms with Crippen molar-refractivity contribution in [1.82, 2.24) is 4.98 Å². The first kappa shape index (κ1) is 14.3. The number of thioether (sulfide) groups is 1. The van der Waals surface area contributed by atoms with E-state index in [4.69, 9.17) is 15.7 Å². The molecule has 6 heteroatoms. The molecule has 0 saturated heterocycles. The van der Waals surface area contributed by atoms with Crippen LogP contribution >= 0.6 is 11.8 Å². The molecule has 0 aliphatic heterocycles. The van der Waals surface area contributed by atoms with Gasteiger partial charge in [-0.3, -0.25) is 4.79 Å². The predicted molar refractivity (Wildman–Crippen MR) is 69.9 cm³/mol. The van der Waals surface area contributed by atoms with Crippen LogP contribution in [-0.4, -0.2) is 22.3 Å². The first-order valence-corrected chi connectivity index (χ1v) is 6.30. The highest BCUT2D eigenvalue weighted by atomic mass is 32.2. The standard InChI is InChI=1S/C12H15N3O2S/c1-12(2,3)17-10(16)7-18-11-8(5-13)4-9(14)6-15-11/h4,6H,7,14H2,1-3H3. The zero-order valence-electron chi connectivity index (χ0n) is 10.6. The number of nitrogen functional groups attached to an aromatic ring is 1. The third-order valence-corrected chi connectivity index (χ3v) is 2.72. The van der Waals surface area contributed by atoms with Crippen LogP contribution in [0.4, 0.5) is 5.69 Å². The summed E-state index contributed by atoms with van der Waals surface area (Å²) in [7, 11) is 0. The van der Waals surface area contributed by atoms with Crippen molar-refractivity contribution in [1.29, 1.82) is 5.26 Å². The maximum atomic E-state index is 11.5. The molecule has 0 radical (unpaired) electrons. The van der Waals surface area contributed by atoms with E-state index < -0.39 is 5.60 Å². The largest absolute Gasteiger partial charge is 0.459 e.